The lowest BCUT2D eigenvalue weighted by Gasteiger charge is -2.28. The predicted octanol–water partition coefficient (Wildman–Crippen LogP) is 5.16. The number of hydrogen-bond acceptors (Lipinski definition) is 2. The van der Waals surface area contributed by atoms with Crippen LogP contribution in [0, 0.1) is 11.8 Å². The fraction of sp³-hybridized carbons (Fsp3) is 0.588. The van der Waals surface area contributed by atoms with Gasteiger partial charge in [-0.2, -0.15) is 0 Å². The zero-order valence-electron chi connectivity index (χ0n) is 13.0. The van der Waals surface area contributed by atoms with Crippen LogP contribution in [0.5, 0.6) is 0 Å². The molecule has 0 N–H and O–H groups in total. The van der Waals surface area contributed by atoms with Crippen LogP contribution in [-0.4, -0.2) is 19.4 Å². The third kappa shape index (κ3) is 5.66. The maximum Gasteiger partial charge on any atom is 0.152 e. The van der Waals surface area contributed by atoms with Crippen LogP contribution in [0.15, 0.2) is 22.7 Å². The summed E-state index contributed by atoms with van der Waals surface area (Å²) in [5, 5.41) is 0. The Morgan fingerprint density at radius 1 is 1.10 bits per heavy atom. The van der Waals surface area contributed by atoms with Gasteiger partial charge in [0.15, 0.2) is 6.29 Å². The SMILES string of the molecule is CC(C)CCN(CCC(C)C)c1cc(Br)ccc1C=O. The van der Waals surface area contributed by atoms with Crippen molar-refractivity contribution in [3.8, 4) is 0 Å². The van der Waals surface area contributed by atoms with Crippen LogP contribution in [0.1, 0.15) is 50.9 Å². The Morgan fingerprint density at radius 2 is 1.65 bits per heavy atom. The van der Waals surface area contributed by atoms with Gasteiger partial charge in [0.05, 0.1) is 0 Å². The first kappa shape index (κ1) is 17.2. The lowest BCUT2D eigenvalue weighted by atomic mass is 10.1. The molecule has 0 amide bonds. The van der Waals surface area contributed by atoms with Crippen molar-refractivity contribution in [1.29, 1.82) is 0 Å². The highest BCUT2D eigenvalue weighted by Crippen LogP contribution is 2.25. The molecule has 1 rings (SSSR count). The summed E-state index contributed by atoms with van der Waals surface area (Å²) in [6.45, 7) is 11.0. The number of nitrogens with zero attached hydrogens (tertiary/aromatic N) is 1. The number of halogens is 1. The Morgan fingerprint density at radius 3 is 2.10 bits per heavy atom. The number of hydrogen-bond donors (Lipinski definition) is 0. The zero-order valence-corrected chi connectivity index (χ0v) is 14.6. The van der Waals surface area contributed by atoms with Crippen molar-refractivity contribution in [1.82, 2.24) is 0 Å². The average Bonchev–Trinajstić information content (AvgIpc) is 2.38. The lowest BCUT2D eigenvalue weighted by Crippen LogP contribution is -2.28. The van der Waals surface area contributed by atoms with E-state index < -0.39 is 0 Å². The highest BCUT2D eigenvalue weighted by Gasteiger charge is 2.13. The molecule has 0 spiro atoms. The molecular weight excluding hydrogens is 314 g/mol. The molecule has 0 atom stereocenters. The van der Waals surface area contributed by atoms with Gasteiger partial charge in [-0.05, 0) is 42.9 Å². The van der Waals surface area contributed by atoms with Crippen LogP contribution in [0.3, 0.4) is 0 Å². The molecule has 0 aliphatic heterocycles. The van der Waals surface area contributed by atoms with E-state index in [-0.39, 0.29) is 0 Å². The maximum absolute atomic E-state index is 11.3. The molecule has 112 valence electrons. The van der Waals surface area contributed by atoms with Crippen molar-refractivity contribution < 1.29 is 4.79 Å². The summed E-state index contributed by atoms with van der Waals surface area (Å²) >= 11 is 3.51. The van der Waals surface area contributed by atoms with Crippen molar-refractivity contribution in [2.45, 2.75) is 40.5 Å². The molecule has 0 bridgehead atoms. The topological polar surface area (TPSA) is 20.3 Å². The number of carbonyl (C=O) groups excluding carboxylic acids is 1. The average molecular weight is 340 g/mol. The van der Waals surface area contributed by atoms with Crippen LogP contribution in [0.2, 0.25) is 0 Å². The highest BCUT2D eigenvalue weighted by molar-refractivity contribution is 9.10. The van der Waals surface area contributed by atoms with Crippen molar-refractivity contribution in [2.24, 2.45) is 11.8 Å². The number of benzene rings is 1. The predicted molar refractivity (Wildman–Crippen MR) is 90.7 cm³/mol. The molecule has 1 aromatic carbocycles. The molecule has 0 saturated heterocycles. The Balaban J connectivity index is 2.95. The quantitative estimate of drug-likeness (QED) is 0.609. The molecule has 2 nitrogen and oxygen atoms in total. The summed E-state index contributed by atoms with van der Waals surface area (Å²) in [5.41, 5.74) is 1.83. The summed E-state index contributed by atoms with van der Waals surface area (Å²) < 4.78 is 1.03. The Bertz CT molecular complexity index is 417. The monoisotopic (exact) mass is 339 g/mol. The van der Waals surface area contributed by atoms with Crippen LogP contribution >= 0.6 is 15.9 Å². The Labute approximate surface area is 131 Å². The number of anilines is 1. The van der Waals surface area contributed by atoms with E-state index in [0.717, 1.165) is 47.9 Å². The molecule has 0 unspecified atom stereocenters. The molecular formula is C17H26BrNO. The van der Waals surface area contributed by atoms with Gasteiger partial charge < -0.3 is 4.90 Å². The first-order chi connectivity index (χ1) is 9.43. The lowest BCUT2D eigenvalue weighted by molar-refractivity contribution is 0.112. The normalized spacial score (nSPS) is 11.2. The molecule has 0 aromatic heterocycles. The third-order valence-electron chi connectivity index (χ3n) is 3.41. The van der Waals surface area contributed by atoms with E-state index in [0.29, 0.717) is 11.8 Å². The number of carbonyl (C=O) groups is 1. The van der Waals surface area contributed by atoms with E-state index in [1.165, 1.54) is 0 Å². The van der Waals surface area contributed by atoms with Gasteiger partial charge in [-0.25, -0.2) is 0 Å². The minimum absolute atomic E-state index is 0.670. The Hall–Kier alpha value is -0.830. The van der Waals surface area contributed by atoms with Gasteiger partial charge in [0.1, 0.15) is 0 Å². The standard InChI is InChI=1S/C17H26BrNO/c1-13(2)7-9-19(10-8-14(3)4)17-11-16(18)6-5-15(17)12-20/h5-6,11-14H,7-10H2,1-4H3. The van der Waals surface area contributed by atoms with Gasteiger partial charge in [0.25, 0.3) is 0 Å². The van der Waals surface area contributed by atoms with E-state index >= 15 is 0 Å². The maximum atomic E-state index is 11.3. The second kappa shape index (κ2) is 8.46. The molecule has 1 aromatic rings. The van der Waals surface area contributed by atoms with Crippen molar-refractivity contribution in [3.05, 3.63) is 28.2 Å². The second-order valence-corrected chi connectivity index (χ2v) is 7.09. The summed E-state index contributed by atoms with van der Waals surface area (Å²) in [6.07, 6.45) is 3.24. The molecule has 0 aliphatic carbocycles. The molecule has 0 fully saturated rings. The van der Waals surface area contributed by atoms with E-state index in [1.54, 1.807) is 0 Å². The summed E-state index contributed by atoms with van der Waals surface area (Å²) in [6, 6.07) is 5.88. The van der Waals surface area contributed by atoms with E-state index in [9.17, 15) is 4.79 Å². The third-order valence-corrected chi connectivity index (χ3v) is 3.91. The van der Waals surface area contributed by atoms with Crippen molar-refractivity contribution in [2.75, 3.05) is 18.0 Å². The van der Waals surface area contributed by atoms with Gasteiger partial charge in [-0.15, -0.1) is 0 Å². The van der Waals surface area contributed by atoms with Gasteiger partial charge >= 0.3 is 0 Å². The fourth-order valence-electron chi connectivity index (χ4n) is 2.07. The van der Waals surface area contributed by atoms with Crippen molar-refractivity contribution >= 4 is 27.9 Å². The van der Waals surface area contributed by atoms with Gasteiger partial charge in [-0.3, -0.25) is 4.79 Å². The van der Waals surface area contributed by atoms with E-state index in [2.05, 4.69) is 54.6 Å². The van der Waals surface area contributed by atoms with E-state index in [4.69, 9.17) is 0 Å². The van der Waals surface area contributed by atoms with Gasteiger partial charge in [0.2, 0.25) is 0 Å². The summed E-state index contributed by atoms with van der Waals surface area (Å²) in [7, 11) is 0. The fourth-order valence-corrected chi connectivity index (χ4v) is 2.42. The van der Waals surface area contributed by atoms with Crippen LogP contribution in [0.25, 0.3) is 0 Å². The first-order valence-electron chi connectivity index (χ1n) is 7.43. The molecule has 0 saturated carbocycles. The second-order valence-electron chi connectivity index (χ2n) is 6.17. The number of aldehydes is 1. The van der Waals surface area contributed by atoms with Crippen molar-refractivity contribution in [3.63, 3.8) is 0 Å². The Kier molecular flexibility index (Phi) is 7.28. The van der Waals surface area contributed by atoms with Gasteiger partial charge in [-0.1, -0.05) is 43.6 Å². The minimum atomic E-state index is 0.670. The molecule has 0 radical (unpaired) electrons. The first-order valence-corrected chi connectivity index (χ1v) is 8.23. The van der Waals surface area contributed by atoms with Gasteiger partial charge in [0, 0.05) is 28.8 Å². The molecule has 3 heteroatoms. The summed E-state index contributed by atoms with van der Waals surface area (Å²) in [4.78, 5) is 13.6. The smallest absolute Gasteiger partial charge is 0.152 e. The molecule has 0 aliphatic rings. The molecule has 20 heavy (non-hydrogen) atoms. The highest BCUT2D eigenvalue weighted by atomic mass is 79.9. The largest absolute Gasteiger partial charge is 0.371 e. The number of rotatable bonds is 8. The van der Waals surface area contributed by atoms with Crippen LogP contribution in [0.4, 0.5) is 5.69 Å². The minimum Gasteiger partial charge on any atom is -0.371 e. The van der Waals surface area contributed by atoms with Crippen LogP contribution in [-0.2, 0) is 0 Å². The summed E-state index contributed by atoms with van der Waals surface area (Å²) in [5.74, 6) is 1.34. The van der Waals surface area contributed by atoms with Crippen LogP contribution < -0.4 is 4.90 Å². The van der Waals surface area contributed by atoms with E-state index in [1.807, 2.05) is 12.1 Å². The molecule has 0 heterocycles. The zero-order chi connectivity index (χ0) is 15.1.